The lowest BCUT2D eigenvalue weighted by molar-refractivity contribution is -0.141. The third-order valence-corrected chi connectivity index (χ3v) is 2.53. The summed E-state index contributed by atoms with van der Waals surface area (Å²) in [6, 6.07) is 2.54. The van der Waals surface area contributed by atoms with Crippen molar-refractivity contribution in [2.45, 2.75) is 12.7 Å². The van der Waals surface area contributed by atoms with Gasteiger partial charge in [0.1, 0.15) is 5.82 Å². The van der Waals surface area contributed by atoms with Gasteiger partial charge in [-0.15, -0.1) is 0 Å². The van der Waals surface area contributed by atoms with E-state index < -0.39 is 17.2 Å². The molecule has 0 fully saturated rings. The summed E-state index contributed by atoms with van der Waals surface area (Å²) in [7, 11) is 1.73. The molecule has 0 atom stereocenters. The molecule has 0 aliphatic heterocycles. The number of nitrogens with one attached hydrogen (secondary N) is 1. The molecule has 1 N–H and O–H groups in total. The van der Waals surface area contributed by atoms with Crippen molar-refractivity contribution in [3.63, 3.8) is 0 Å². The van der Waals surface area contributed by atoms with Crippen molar-refractivity contribution in [1.82, 2.24) is 19.7 Å². The van der Waals surface area contributed by atoms with E-state index in [0.717, 1.165) is 11.8 Å². The van der Waals surface area contributed by atoms with Crippen molar-refractivity contribution in [3.8, 4) is 0 Å². The van der Waals surface area contributed by atoms with E-state index in [1.165, 1.54) is 0 Å². The maximum Gasteiger partial charge on any atom is 0.433 e. The molecule has 102 valence electrons. The Hall–Kier alpha value is -1.83. The lowest BCUT2D eigenvalue weighted by Gasteiger charge is -2.10. The predicted molar refractivity (Wildman–Crippen MR) is 62.6 cm³/mol. The average molecular weight is 292 g/mol. The molecule has 0 aromatic carbocycles. The molecular weight excluding hydrogens is 283 g/mol. The summed E-state index contributed by atoms with van der Waals surface area (Å²) in [6.07, 6.45) is -2.97. The molecule has 0 spiro atoms. The van der Waals surface area contributed by atoms with Crippen LogP contribution in [0.5, 0.6) is 0 Å². The van der Waals surface area contributed by atoms with Gasteiger partial charge in [-0.1, -0.05) is 0 Å². The zero-order valence-corrected chi connectivity index (χ0v) is 10.5. The Balaban J connectivity index is 2.17. The van der Waals surface area contributed by atoms with Gasteiger partial charge in [0, 0.05) is 19.3 Å². The largest absolute Gasteiger partial charge is 0.433 e. The van der Waals surface area contributed by atoms with Gasteiger partial charge in [-0.2, -0.15) is 18.3 Å². The topological polar surface area (TPSA) is 55.6 Å². The van der Waals surface area contributed by atoms with Gasteiger partial charge in [0.25, 0.3) is 0 Å². The van der Waals surface area contributed by atoms with E-state index in [4.69, 9.17) is 11.6 Å². The normalized spacial score (nSPS) is 11.6. The number of halogens is 4. The fourth-order valence-corrected chi connectivity index (χ4v) is 1.59. The van der Waals surface area contributed by atoms with Crippen LogP contribution in [0.2, 0.25) is 5.28 Å². The van der Waals surface area contributed by atoms with E-state index >= 15 is 0 Å². The Labute approximate surface area is 111 Å². The van der Waals surface area contributed by atoms with Crippen LogP contribution in [-0.4, -0.2) is 19.7 Å². The van der Waals surface area contributed by atoms with Crippen LogP contribution in [0.25, 0.3) is 0 Å². The van der Waals surface area contributed by atoms with Gasteiger partial charge >= 0.3 is 6.18 Å². The fraction of sp³-hybridized carbons (Fsp3) is 0.300. The molecular formula is C10H9ClF3N5. The van der Waals surface area contributed by atoms with Crippen molar-refractivity contribution >= 4 is 17.4 Å². The number of aryl methyl sites for hydroxylation is 1. The average Bonchev–Trinajstić information content (AvgIpc) is 2.70. The van der Waals surface area contributed by atoms with E-state index in [1.807, 2.05) is 0 Å². The summed E-state index contributed by atoms with van der Waals surface area (Å²) in [5.41, 5.74) is -0.289. The number of rotatable bonds is 3. The molecule has 2 aromatic rings. The first-order chi connectivity index (χ1) is 8.86. The summed E-state index contributed by atoms with van der Waals surface area (Å²) < 4.78 is 39.2. The second-order valence-corrected chi connectivity index (χ2v) is 4.04. The first kappa shape index (κ1) is 13.6. The second kappa shape index (κ2) is 5.04. The molecule has 0 aliphatic rings. The van der Waals surface area contributed by atoms with Crippen molar-refractivity contribution in [2.24, 2.45) is 7.05 Å². The Morgan fingerprint density at radius 3 is 2.68 bits per heavy atom. The SMILES string of the molecule is Cn1nccc1CNc1cc(C(F)(F)F)nc(Cl)n1. The molecule has 5 nitrogen and oxygen atoms in total. The second-order valence-electron chi connectivity index (χ2n) is 3.70. The number of aromatic nitrogens is 4. The highest BCUT2D eigenvalue weighted by atomic mass is 35.5. The molecule has 0 bridgehead atoms. The van der Waals surface area contributed by atoms with E-state index in [2.05, 4.69) is 20.4 Å². The van der Waals surface area contributed by atoms with Crippen LogP contribution in [0, 0.1) is 0 Å². The predicted octanol–water partition coefficient (Wildman–Crippen LogP) is 2.49. The van der Waals surface area contributed by atoms with Crippen LogP contribution in [-0.2, 0) is 19.8 Å². The Morgan fingerprint density at radius 2 is 2.11 bits per heavy atom. The number of alkyl halides is 3. The molecule has 0 saturated heterocycles. The highest BCUT2D eigenvalue weighted by Crippen LogP contribution is 2.29. The Kier molecular flexibility index (Phi) is 3.61. The summed E-state index contributed by atoms with van der Waals surface area (Å²) in [5.74, 6) is 0.00789. The van der Waals surface area contributed by atoms with Crippen LogP contribution in [0.3, 0.4) is 0 Å². The third kappa shape index (κ3) is 3.34. The molecule has 0 unspecified atom stereocenters. The van der Waals surface area contributed by atoms with Gasteiger partial charge in [-0.25, -0.2) is 9.97 Å². The monoisotopic (exact) mass is 291 g/mol. The minimum absolute atomic E-state index is 0.00789. The standard InChI is InChI=1S/C10H9ClF3N5/c1-19-6(2-3-16-19)5-15-8-4-7(10(12,13)14)17-9(11)18-8/h2-4H,5H2,1H3,(H,15,17,18). The van der Waals surface area contributed by atoms with Crippen molar-refractivity contribution < 1.29 is 13.2 Å². The molecule has 0 radical (unpaired) electrons. The van der Waals surface area contributed by atoms with E-state index in [9.17, 15) is 13.2 Å². The summed E-state index contributed by atoms with van der Waals surface area (Å²) >= 11 is 5.47. The molecule has 0 aliphatic carbocycles. The minimum atomic E-state index is -4.56. The van der Waals surface area contributed by atoms with Crippen molar-refractivity contribution in [3.05, 3.63) is 35.0 Å². The molecule has 2 heterocycles. The fourth-order valence-electron chi connectivity index (χ4n) is 1.41. The third-order valence-electron chi connectivity index (χ3n) is 2.36. The lowest BCUT2D eigenvalue weighted by atomic mass is 10.3. The van der Waals surface area contributed by atoms with Crippen LogP contribution < -0.4 is 5.32 Å². The number of hydrogen-bond acceptors (Lipinski definition) is 4. The van der Waals surface area contributed by atoms with Gasteiger partial charge in [-0.05, 0) is 17.7 Å². The smallest absolute Gasteiger partial charge is 0.364 e. The summed E-state index contributed by atoms with van der Waals surface area (Å²) in [6.45, 7) is 0.279. The Bertz CT molecular complexity index is 581. The van der Waals surface area contributed by atoms with Gasteiger partial charge in [0.05, 0.1) is 12.2 Å². The van der Waals surface area contributed by atoms with Crippen LogP contribution in [0.1, 0.15) is 11.4 Å². The first-order valence-corrected chi connectivity index (χ1v) is 5.56. The first-order valence-electron chi connectivity index (χ1n) is 5.19. The van der Waals surface area contributed by atoms with Gasteiger partial charge in [-0.3, -0.25) is 4.68 Å². The summed E-state index contributed by atoms with van der Waals surface area (Å²) in [5, 5.41) is 6.23. The number of anilines is 1. The Morgan fingerprint density at radius 1 is 1.37 bits per heavy atom. The molecule has 2 aromatic heterocycles. The molecule has 0 saturated carbocycles. The highest BCUT2D eigenvalue weighted by Gasteiger charge is 2.33. The minimum Gasteiger partial charge on any atom is -0.364 e. The lowest BCUT2D eigenvalue weighted by Crippen LogP contribution is -2.12. The molecule has 0 amide bonds. The van der Waals surface area contributed by atoms with Crippen LogP contribution in [0.15, 0.2) is 18.3 Å². The molecule has 19 heavy (non-hydrogen) atoms. The highest BCUT2D eigenvalue weighted by molar-refractivity contribution is 6.28. The maximum atomic E-state index is 12.5. The van der Waals surface area contributed by atoms with Crippen LogP contribution >= 0.6 is 11.6 Å². The number of hydrogen-bond donors (Lipinski definition) is 1. The van der Waals surface area contributed by atoms with Gasteiger partial charge < -0.3 is 5.32 Å². The van der Waals surface area contributed by atoms with Crippen molar-refractivity contribution in [1.29, 1.82) is 0 Å². The number of nitrogens with zero attached hydrogens (tertiary/aromatic N) is 4. The van der Waals surface area contributed by atoms with E-state index in [1.54, 1.807) is 24.0 Å². The van der Waals surface area contributed by atoms with E-state index in [0.29, 0.717) is 0 Å². The quantitative estimate of drug-likeness (QED) is 0.883. The zero-order chi connectivity index (χ0) is 14.0. The maximum absolute atomic E-state index is 12.5. The molecule has 2 rings (SSSR count). The van der Waals surface area contributed by atoms with Crippen LogP contribution in [0.4, 0.5) is 19.0 Å². The van der Waals surface area contributed by atoms with Gasteiger partial charge in [0.15, 0.2) is 5.69 Å². The van der Waals surface area contributed by atoms with Crippen molar-refractivity contribution in [2.75, 3.05) is 5.32 Å². The zero-order valence-electron chi connectivity index (χ0n) is 9.74. The van der Waals surface area contributed by atoms with Gasteiger partial charge in [0.2, 0.25) is 5.28 Å². The molecule has 9 heteroatoms. The summed E-state index contributed by atoms with van der Waals surface area (Å²) in [4.78, 5) is 6.83. The van der Waals surface area contributed by atoms with E-state index in [-0.39, 0.29) is 12.4 Å².